The van der Waals surface area contributed by atoms with Crippen LogP contribution in [0.15, 0.2) is 30.3 Å². The molecule has 1 saturated heterocycles. The number of likely N-dealkylation sites (tertiary alicyclic amines) is 1. The lowest BCUT2D eigenvalue weighted by atomic mass is 9.85. The van der Waals surface area contributed by atoms with Crippen LogP contribution in [0.2, 0.25) is 0 Å². The summed E-state index contributed by atoms with van der Waals surface area (Å²) in [5.41, 5.74) is 0.767. The standard InChI is InChI=1S/C27H44N4O3/c1-7-12-23(32)30(18-16-21-13-9-8-10-14-21)19-22-15-11-17-31(22)26(34)24(27(3,4)5)29-25(33)20(2)28-6/h8-10,13-14,20,22,24,28H,7,11-12,15-19H2,1-6H3,(H,29,33)/t20-,22-,24+/m0/s1. The maximum Gasteiger partial charge on any atom is 0.246 e. The molecule has 1 aliphatic heterocycles. The second kappa shape index (κ2) is 12.9. The first-order chi connectivity index (χ1) is 16.1. The van der Waals surface area contributed by atoms with Gasteiger partial charge in [0.2, 0.25) is 17.7 Å². The zero-order chi connectivity index (χ0) is 25.3. The lowest BCUT2D eigenvalue weighted by Gasteiger charge is -2.37. The van der Waals surface area contributed by atoms with Crippen LogP contribution in [-0.4, -0.2) is 72.3 Å². The molecule has 0 bridgehead atoms. The lowest BCUT2D eigenvalue weighted by Crippen LogP contribution is -2.59. The van der Waals surface area contributed by atoms with Crippen molar-refractivity contribution in [2.75, 3.05) is 26.7 Å². The van der Waals surface area contributed by atoms with E-state index < -0.39 is 11.5 Å². The zero-order valence-electron chi connectivity index (χ0n) is 21.9. The van der Waals surface area contributed by atoms with Crippen molar-refractivity contribution in [2.24, 2.45) is 5.41 Å². The van der Waals surface area contributed by atoms with Gasteiger partial charge < -0.3 is 20.4 Å². The maximum atomic E-state index is 13.7. The Morgan fingerprint density at radius 1 is 1.18 bits per heavy atom. The van der Waals surface area contributed by atoms with Gasteiger partial charge in [0.15, 0.2) is 0 Å². The van der Waals surface area contributed by atoms with E-state index in [9.17, 15) is 14.4 Å². The molecule has 3 amide bonds. The first kappa shape index (κ1) is 27.8. The summed E-state index contributed by atoms with van der Waals surface area (Å²) in [5.74, 6) is -0.104. The van der Waals surface area contributed by atoms with Crippen LogP contribution in [0, 0.1) is 5.41 Å². The van der Waals surface area contributed by atoms with Crippen molar-refractivity contribution in [1.82, 2.24) is 20.4 Å². The molecule has 1 aromatic carbocycles. The van der Waals surface area contributed by atoms with Gasteiger partial charge in [-0.3, -0.25) is 14.4 Å². The summed E-state index contributed by atoms with van der Waals surface area (Å²) < 4.78 is 0. The van der Waals surface area contributed by atoms with E-state index in [1.54, 1.807) is 14.0 Å². The molecule has 0 spiro atoms. The number of carbonyl (C=O) groups is 3. The number of carbonyl (C=O) groups excluding carboxylic acids is 3. The number of nitrogens with one attached hydrogen (secondary N) is 2. The Balaban J connectivity index is 2.15. The zero-order valence-corrected chi connectivity index (χ0v) is 21.9. The third-order valence-corrected chi connectivity index (χ3v) is 6.65. The summed E-state index contributed by atoms with van der Waals surface area (Å²) >= 11 is 0. The fourth-order valence-corrected chi connectivity index (χ4v) is 4.38. The van der Waals surface area contributed by atoms with E-state index in [1.165, 1.54) is 5.56 Å². The van der Waals surface area contributed by atoms with Crippen molar-refractivity contribution in [3.05, 3.63) is 35.9 Å². The highest BCUT2D eigenvalue weighted by molar-refractivity contribution is 5.90. The molecular weight excluding hydrogens is 428 g/mol. The van der Waals surface area contributed by atoms with E-state index in [-0.39, 0.29) is 29.8 Å². The Labute approximate surface area is 205 Å². The van der Waals surface area contributed by atoms with Crippen molar-refractivity contribution in [2.45, 2.75) is 84.8 Å². The fraction of sp³-hybridized carbons (Fsp3) is 0.667. The minimum Gasteiger partial charge on any atom is -0.342 e. The topological polar surface area (TPSA) is 81.8 Å². The first-order valence-corrected chi connectivity index (χ1v) is 12.7. The van der Waals surface area contributed by atoms with Crippen LogP contribution >= 0.6 is 0 Å². The summed E-state index contributed by atoms with van der Waals surface area (Å²) in [7, 11) is 1.73. The molecule has 1 aromatic rings. The number of likely N-dealkylation sites (N-methyl/N-ethyl adjacent to an activating group) is 1. The van der Waals surface area contributed by atoms with Gasteiger partial charge in [0, 0.05) is 32.1 Å². The van der Waals surface area contributed by atoms with Gasteiger partial charge in [-0.1, -0.05) is 58.0 Å². The molecule has 2 N–H and O–H groups in total. The number of hydrogen-bond donors (Lipinski definition) is 2. The van der Waals surface area contributed by atoms with Gasteiger partial charge in [-0.05, 0) is 50.6 Å². The minimum absolute atomic E-state index is 0.0347. The molecule has 0 aliphatic carbocycles. The van der Waals surface area contributed by atoms with Crippen molar-refractivity contribution in [1.29, 1.82) is 0 Å². The third kappa shape index (κ3) is 7.83. The van der Waals surface area contributed by atoms with Crippen molar-refractivity contribution in [3.63, 3.8) is 0 Å². The van der Waals surface area contributed by atoms with Gasteiger partial charge in [-0.15, -0.1) is 0 Å². The predicted octanol–water partition coefficient (Wildman–Crippen LogP) is 2.99. The molecule has 34 heavy (non-hydrogen) atoms. The van der Waals surface area contributed by atoms with E-state index in [4.69, 9.17) is 0 Å². The van der Waals surface area contributed by atoms with Crippen LogP contribution in [0.4, 0.5) is 0 Å². The number of rotatable bonds is 11. The summed E-state index contributed by atoms with van der Waals surface area (Å²) in [6.07, 6.45) is 3.88. The SMILES string of the molecule is CCCC(=O)N(CCc1ccccc1)C[C@@H]1CCCN1C(=O)[C@@H](NC(=O)[C@H](C)NC)C(C)(C)C. The fourth-order valence-electron chi connectivity index (χ4n) is 4.38. The second-order valence-electron chi connectivity index (χ2n) is 10.5. The normalized spacial score (nSPS) is 17.8. The predicted molar refractivity (Wildman–Crippen MR) is 136 cm³/mol. The molecule has 1 heterocycles. The smallest absolute Gasteiger partial charge is 0.246 e. The number of nitrogens with zero attached hydrogens (tertiary/aromatic N) is 2. The number of amides is 3. The molecule has 1 aliphatic rings. The lowest BCUT2D eigenvalue weighted by molar-refractivity contribution is -0.142. The second-order valence-corrected chi connectivity index (χ2v) is 10.5. The largest absolute Gasteiger partial charge is 0.342 e. The average Bonchev–Trinajstić information content (AvgIpc) is 3.27. The number of hydrogen-bond acceptors (Lipinski definition) is 4. The minimum atomic E-state index is -0.625. The van der Waals surface area contributed by atoms with Gasteiger partial charge in [-0.25, -0.2) is 0 Å². The molecule has 0 unspecified atom stereocenters. The Morgan fingerprint density at radius 3 is 2.44 bits per heavy atom. The Hall–Kier alpha value is -2.41. The summed E-state index contributed by atoms with van der Waals surface area (Å²) in [6, 6.07) is 9.14. The van der Waals surface area contributed by atoms with Crippen LogP contribution in [0.1, 0.15) is 65.9 Å². The van der Waals surface area contributed by atoms with Crippen LogP contribution in [-0.2, 0) is 20.8 Å². The molecule has 1 fully saturated rings. The van der Waals surface area contributed by atoms with Crippen molar-refractivity contribution in [3.8, 4) is 0 Å². The van der Waals surface area contributed by atoms with E-state index in [1.807, 2.05) is 55.7 Å². The Morgan fingerprint density at radius 2 is 1.85 bits per heavy atom. The van der Waals surface area contributed by atoms with Crippen LogP contribution in [0.3, 0.4) is 0 Å². The molecule has 3 atom stereocenters. The Bertz CT molecular complexity index is 806. The van der Waals surface area contributed by atoms with Crippen molar-refractivity contribution < 1.29 is 14.4 Å². The van der Waals surface area contributed by atoms with E-state index in [0.717, 1.165) is 25.7 Å². The van der Waals surface area contributed by atoms with Crippen LogP contribution in [0.25, 0.3) is 0 Å². The summed E-state index contributed by atoms with van der Waals surface area (Å²) in [5, 5.41) is 5.91. The summed E-state index contributed by atoms with van der Waals surface area (Å²) in [4.78, 5) is 43.0. The molecule has 0 aromatic heterocycles. The Kier molecular flexibility index (Phi) is 10.5. The summed E-state index contributed by atoms with van der Waals surface area (Å²) in [6.45, 7) is 11.5. The highest BCUT2D eigenvalue weighted by atomic mass is 16.2. The molecular formula is C27H44N4O3. The number of benzene rings is 1. The molecule has 0 radical (unpaired) electrons. The molecule has 190 valence electrons. The van der Waals surface area contributed by atoms with Gasteiger partial charge in [-0.2, -0.15) is 0 Å². The highest BCUT2D eigenvalue weighted by Crippen LogP contribution is 2.26. The van der Waals surface area contributed by atoms with Gasteiger partial charge >= 0.3 is 0 Å². The van der Waals surface area contributed by atoms with Gasteiger partial charge in [0.05, 0.1) is 6.04 Å². The molecule has 0 saturated carbocycles. The molecule has 7 nitrogen and oxygen atoms in total. The first-order valence-electron chi connectivity index (χ1n) is 12.7. The quantitative estimate of drug-likeness (QED) is 0.519. The van der Waals surface area contributed by atoms with E-state index >= 15 is 0 Å². The molecule has 2 rings (SSSR count). The van der Waals surface area contributed by atoms with Gasteiger partial charge in [0.1, 0.15) is 6.04 Å². The van der Waals surface area contributed by atoms with Crippen LogP contribution in [0.5, 0.6) is 0 Å². The van der Waals surface area contributed by atoms with Crippen LogP contribution < -0.4 is 10.6 Å². The van der Waals surface area contributed by atoms with E-state index in [2.05, 4.69) is 22.8 Å². The third-order valence-electron chi connectivity index (χ3n) is 6.65. The van der Waals surface area contributed by atoms with E-state index in [0.29, 0.717) is 26.1 Å². The highest BCUT2D eigenvalue weighted by Gasteiger charge is 2.40. The monoisotopic (exact) mass is 472 g/mol. The molecule has 7 heteroatoms. The maximum absolute atomic E-state index is 13.7. The van der Waals surface area contributed by atoms with Gasteiger partial charge in [0.25, 0.3) is 0 Å². The van der Waals surface area contributed by atoms with Crippen molar-refractivity contribution >= 4 is 17.7 Å². The average molecular weight is 473 g/mol.